The molecule has 5 nitrogen and oxygen atoms in total. The average Bonchev–Trinajstić information content (AvgIpc) is 2.87. The monoisotopic (exact) mass is 329 g/mol. The number of aliphatic hydroxyl groups is 1. The summed E-state index contributed by atoms with van der Waals surface area (Å²) in [5.74, 6) is -0.486. The highest BCUT2D eigenvalue weighted by Crippen LogP contribution is 2.24. The van der Waals surface area contributed by atoms with E-state index in [1.165, 1.54) is 23.8 Å². The molecule has 0 bridgehead atoms. The summed E-state index contributed by atoms with van der Waals surface area (Å²) in [6.45, 7) is 0.166. The van der Waals surface area contributed by atoms with Gasteiger partial charge in [0.15, 0.2) is 0 Å². The minimum absolute atomic E-state index is 0.166. The van der Waals surface area contributed by atoms with Crippen LogP contribution in [-0.4, -0.2) is 53.4 Å². The number of likely N-dealkylation sites (tertiary alicyclic amines) is 1. The zero-order chi connectivity index (χ0) is 15.4. The standard InChI is InChI=1S/C14H16ClNO4S/c1-20-14(19)12-6-10(17)7-16(12)13(18)8-21-11-4-2-9(15)3-5-11/h2-5,10,12,17H,6-8H2,1H3. The molecular weight excluding hydrogens is 314 g/mol. The minimum atomic E-state index is -0.691. The highest BCUT2D eigenvalue weighted by atomic mass is 35.5. The van der Waals surface area contributed by atoms with Crippen molar-refractivity contribution in [3.8, 4) is 0 Å². The summed E-state index contributed by atoms with van der Waals surface area (Å²) in [6, 6.07) is 6.48. The van der Waals surface area contributed by atoms with Gasteiger partial charge in [-0.3, -0.25) is 4.79 Å². The molecule has 0 spiro atoms. The summed E-state index contributed by atoms with van der Waals surface area (Å²) >= 11 is 7.16. The molecule has 1 aliphatic heterocycles. The molecule has 21 heavy (non-hydrogen) atoms. The molecule has 114 valence electrons. The van der Waals surface area contributed by atoms with Crippen LogP contribution in [0.4, 0.5) is 0 Å². The van der Waals surface area contributed by atoms with Gasteiger partial charge in [-0.25, -0.2) is 4.79 Å². The van der Waals surface area contributed by atoms with Gasteiger partial charge in [0.2, 0.25) is 5.91 Å². The third-order valence-corrected chi connectivity index (χ3v) is 4.50. The molecule has 2 rings (SSSR count). The van der Waals surface area contributed by atoms with Crippen molar-refractivity contribution in [3.63, 3.8) is 0 Å². The lowest BCUT2D eigenvalue weighted by Crippen LogP contribution is -2.42. The molecule has 0 aromatic heterocycles. The number of carbonyl (C=O) groups is 2. The van der Waals surface area contributed by atoms with Crippen LogP contribution in [0.1, 0.15) is 6.42 Å². The van der Waals surface area contributed by atoms with Gasteiger partial charge in [-0.2, -0.15) is 0 Å². The Labute approximate surface area is 132 Å². The van der Waals surface area contributed by atoms with Crippen molar-refractivity contribution in [1.29, 1.82) is 0 Å². The van der Waals surface area contributed by atoms with Crippen LogP contribution in [0, 0.1) is 0 Å². The van der Waals surface area contributed by atoms with Crippen LogP contribution in [0.2, 0.25) is 5.02 Å². The SMILES string of the molecule is COC(=O)C1CC(O)CN1C(=O)CSc1ccc(Cl)cc1. The van der Waals surface area contributed by atoms with Crippen molar-refractivity contribution in [2.45, 2.75) is 23.5 Å². The van der Waals surface area contributed by atoms with E-state index in [0.717, 1.165) is 4.90 Å². The lowest BCUT2D eigenvalue weighted by Gasteiger charge is -2.22. The Balaban J connectivity index is 1.95. The summed E-state index contributed by atoms with van der Waals surface area (Å²) in [7, 11) is 1.28. The zero-order valence-corrected chi connectivity index (χ0v) is 13.1. The second kappa shape index (κ2) is 7.15. The predicted octanol–water partition coefficient (Wildman–Crippen LogP) is 1.57. The Bertz CT molecular complexity index is 522. The molecule has 0 aliphatic carbocycles. The topological polar surface area (TPSA) is 66.8 Å². The van der Waals surface area contributed by atoms with Crippen molar-refractivity contribution in [1.82, 2.24) is 4.90 Å². The maximum Gasteiger partial charge on any atom is 0.328 e. The zero-order valence-electron chi connectivity index (χ0n) is 11.5. The molecule has 1 amide bonds. The van der Waals surface area contributed by atoms with Gasteiger partial charge in [0.1, 0.15) is 6.04 Å². The van der Waals surface area contributed by atoms with Gasteiger partial charge >= 0.3 is 5.97 Å². The van der Waals surface area contributed by atoms with Crippen LogP contribution in [-0.2, 0) is 14.3 Å². The Hall–Kier alpha value is -1.24. The van der Waals surface area contributed by atoms with Crippen LogP contribution < -0.4 is 0 Å². The number of ether oxygens (including phenoxy) is 1. The van der Waals surface area contributed by atoms with Crippen LogP contribution in [0.3, 0.4) is 0 Å². The highest BCUT2D eigenvalue weighted by molar-refractivity contribution is 8.00. The Morgan fingerprint density at radius 1 is 1.43 bits per heavy atom. The van der Waals surface area contributed by atoms with Gasteiger partial charge in [0.05, 0.1) is 19.0 Å². The number of amides is 1. The number of aliphatic hydroxyl groups excluding tert-OH is 1. The molecular formula is C14H16ClNO4S. The van der Waals surface area contributed by atoms with Crippen molar-refractivity contribution < 1.29 is 19.4 Å². The summed E-state index contributed by atoms with van der Waals surface area (Å²) in [5, 5.41) is 10.3. The van der Waals surface area contributed by atoms with E-state index >= 15 is 0 Å². The maximum absolute atomic E-state index is 12.2. The van der Waals surface area contributed by atoms with Gasteiger partial charge in [-0.1, -0.05) is 11.6 Å². The first-order valence-corrected chi connectivity index (χ1v) is 7.81. The molecule has 1 saturated heterocycles. The summed E-state index contributed by atoms with van der Waals surface area (Å²) in [4.78, 5) is 26.2. The lowest BCUT2D eigenvalue weighted by molar-refractivity contribution is -0.150. The van der Waals surface area contributed by atoms with Crippen LogP contribution in [0.5, 0.6) is 0 Å². The van der Waals surface area contributed by atoms with E-state index in [1.807, 2.05) is 12.1 Å². The van der Waals surface area contributed by atoms with E-state index in [2.05, 4.69) is 4.74 Å². The second-order valence-electron chi connectivity index (χ2n) is 4.72. The van der Waals surface area contributed by atoms with Gasteiger partial charge in [-0.15, -0.1) is 11.8 Å². The van der Waals surface area contributed by atoms with Gasteiger partial charge in [-0.05, 0) is 24.3 Å². The molecule has 7 heteroatoms. The van der Waals surface area contributed by atoms with E-state index in [-0.39, 0.29) is 24.6 Å². The lowest BCUT2D eigenvalue weighted by atomic mass is 10.2. The van der Waals surface area contributed by atoms with Gasteiger partial charge < -0.3 is 14.7 Å². The molecule has 1 aliphatic rings. The maximum atomic E-state index is 12.2. The third-order valence-electron chi connectivity index (χ3n) is 3.25. The minimum Gasteiger partial charge on any atom is -0.467 e. The first-order chi connectivity index (χ1) is 10.0. The number of esters is 1. The average molecular weight is 330 g/mol. The number of carbonyl (C=O) groups excluding carboxylic acids is 2. The van der Waals surface area contributed by atoms with Crippen molar-refractivity contribution in [2.75, 3.05) is 19.4 Å². The summed E-state index contributed by atoms with van der Waals surface area (Å²) in [6.07, 6.45) is -0.456. The molecule has 1 N–H and O–H groups in total. The highest BCUT2D eigenvalue weighted by Gasteiger charge is 2.39. The molecule has 1 aromatic carbocycles. The first-order valence-electron chi connectivity index (χ1n) is 6.45. The van der Waals surface area contributed by atoms with Crippen molar-refractivity contribution >= 4 is 35.2 Å². The number of halogens is 1. The largest absolute Gasteiger partial charge is 0.467 e. The number of nitrogens with zero attached hydrogens (tertiary/aromatic N) is 1. The van der Waals surface area contributed by atoms with Gasteiger partial charge in [0, 0.05) is 22.9 Å². The fraction of sp³-hybridized carbons (Fsp3) is 0.429. The number of rotatable bonds is 4. The Kier molecular flexibility index (Phi) is 5.50. The number of thioether (sulfide) groups is 1. The molecule has 2 atom stereocenters. The predicted molar refractivity (Wildman–Crippen MR) is 80.3 cm³/mol. The fourth-order valence-corrected chi connectivity index (χ4v) is 3.12. The summed E-state index contributed by atoms with van der Waals surface area (Å²) < 4.78 is 4.67. The number of hydrogen-bond donors (Lipinski definition) is 1. The normalized spacial score (nSPS) is 21.4. The Morgan fingerprint density at radius 2 is 2.10 bits per heavy atom. The Morgan fingerprint density at radius 3 is 2.71 bits per heavy atom. The molecule has 1 aromatic rings. The van der Waals surface area contributed by atoms with Crippen molar-refractivity contribution in [3.05, 3.63) is 29.3 Å². The summed E-state index contributed by atoms with van der Waals surface area (Å²) in [5.41, 5.74) is 0. The third kappa shape index (κ3) is 4.12. The molecule has 1 heterocycles. The van der Waals surface area contributed by atoms with E-state index in [9.17, 15) is 14.7 Å². The van der Waals surface area contributed by atoms with E-state index in [0.29, 0.717) is 5.02 Å². The van der Waals surface area contributed by atoms with E-state index in [4.69, 9.17) is 11.6 Å². The quantitative estimate of drug-likeness (QED) is 0.671. The van der Waals surface area contributed by atoms with E-state index < -0.39 is 18.1 Å². The number of methoxy groups -OCH3 is 1. The molecule has 2 unspecified atom stereocenters. The van der Waals surface area contributed by atoms with Crippen molar-refractivity contribution in [2.24, 2.45) is 0 Å². The molecule has 0 radical (unpaired) electrons. The van der Waals surface area contributed by atoms with E-state index in [1.54, 1.807) is 12.1 Å². The smallest absolute Gasteiger partial charge is 0.328 e. The van der Waals surface area contributed by atoms with Crippen LogP contribution >= 0.6 is 23.4 Å². The first kappa shape index (κ1) is 16.1. The van der Waals surface area contributed by atoms with Crippen LogP contribution in [0.15, 0.2) is 29.2 Å². The number of benzene rings is 1. The van der Waals surface area contributed by atoms with Gasteiger partial charge in [0.25, 0.3) is 0 Å². The fourth-order valence-electron chi connectivity index (χ4n) is 2.21. The second-order valence-corrected chi connectivity index (χ2v) is 6.20. The number of hydrogen-bond acceptors (Lipinski definition) is 5. The molecule has 1 fully saturated rings. The number of β-amino-alcohol motifs (C(OH)–C–C–N with tert-alkyl or cyclic N) is 1. The van der Waals surface area contributed by atoms with Crippen LogP contribution in [0.25, 0.3) is 0 Å². The molecule has 0 saturated carbocycles.